The molecule has 2 saturated heterocycles. The average molecular weight is 436 g/mol. The lowest BCUT2D eigenvalue weighted by Crippen LogP contribution is -2.43. The predicted molar refractivity (Wildman–Crippen MR) is 105 cm³/mol. The molecule has 6 heteroatoms. The summed E-state index contributed by atoms with van der Waals surface area (Å²) in [6.45, 7) is 6.96. The fraction of sp³-hybridized carbons (Fsp3) is 0.941. The van der Waals surface area contributed by atoms with E-state index in [-0.39, 0.29) is 30.1 Å². The summed E-state index contributed by atoms with van der Waals surface area (Å²) in [5.41, 5.74) is 0. The van der Waals surface area contributed by atoms with E-state index in [0.29, 0.717) is 5.92 Å². The Kier molecular flexibility index (Phi) is 7.88. The Bertz CT molecular complexity index is 387. The van der Waals surface area contributed by atoms with Crippen molar-refractivity contribution in [2.75, 3.05) is 46.3 Å². The largest absolute Gasteiger partial charge is 0.393 e. The van der Waals surface area contributed by atoms with Crippen LogP contribution in [-0.2, 0) is 0 Å². The maximum atomic E-state index is 9.94. The molecule has 1 aliphatic carbocycles. The van der Waals surface area contributed by atoms with Crippen LogP contribution in [0.2, 0.25) is 0 Å². The Balaban J connectivity index is 0.00000192. The summed E-state index contributed by atoms with van der Waals surface area (Å²) >= 11 is 0. The van der Waals surface area contributed by atoms with Gasteiger partial charge in [0.1, 0.15) is 0 Å². The van der Waals surface area contributed by atoms with Gasteiger partial charge in [0.2, 0.25) is 0 Å². The number of likely N-dealkylation sites (tertiary alicyclic amines) is 2. The van der Waals surface area contributed by atoms with E-state index in [1.54, 1.807) is 0 Å². The van der Waals surface area contributed by atoms with E-state index in [0.717, 1.165) is 50.8 Å². The summed E-state index contributed by atoms with van der Waals surface area (Å²) < 4.78 is 0. The first kappa shape index (κ1) is 19.2. The summed E-state index contributed by atoms with van der Waals surface area (Å²) in [4.78, 5) is 9.49. The zero-order valence-electron chi connectivity index (χ0n) is 14.4. The molecule has 3 rings (SSSR count). The van der Waals surface area contributed by atoms with Gasteiger partial charge in [-0.25, -0.2) is 0 Å². The highest BCUT2D eigenvalue weighted by molar-refractivity contribution is 14.0. The second-order valence-electron chi connectivity index (χ2n) is 7.29. The third kappa shape index (κ3) is 5.19. The minimum Gasteiger partial charge on any atom is -0.393 e. The van der Waals surface area contributed by atoms with Crippen LogP contribution in [0.3, 0.4) is 0 Å². The van der Waals surface area contributed by atoms with Crippen LogP contribution in [0.25, 0.3) is 0 Å². The molecule has 0 radical (unpaired) electrons. The van der Waals surface area contributed by atoms with E-state index < -0.39 is 0 Å². The minimum absolute atomic E-state index is 0. The van der Waals surface area contributed by atoms with Gasteiger partial charge >= 0.3 is 0 Å². The van der Waals surface area contributed by atoms with Crippen molar-refractivity contribution in [3.63, 3.8) is 0 Å². The van der Waals surface area contributed by atoms with E-state index >= 15 is 0 Å². The summed E-state index contributed by atoms with van der Waals surface area (Å²) in [5, 5.41) is 13.4. The third-order valence-corrected chi connectivity index (χ3v) is 5.65. The number of hydrogen-bond acceptors (Lipinski definition) is 3. The molecule has 0 aromatic heterocycles. The Morgan fingerprint density at radius 3 is 2.57 bits per heavy atom. The summed E-state index contributed by atoms with van der Waals surface area (Å²) in [5.74, 6) is 2.22. The molecule has 0 amide bonds. The van der Waals surface area contributed by atoms with Gasteiger partial charge in [0.25, 0.3) is 0 Å². The molecule has 2 aliphatic heterocycles. The van der Waals surface area contributed by atoms with Gasteiger partial charge in [-0.15, -0.1) is 24.0 Å². The molecule has 2 heterocycles. The topological polar surface area (TPSA) is 51.1 Å². The van der Waals surface area contributed by atoms with Crippen LogP contribution in [-0.4, -0.2) is 73.3 Å². The fourth-order valence-electron chi connectivity index (χ4n) is 4.31. The number of aliphatic hydroxyl groups excluding tert-OH is 1. The van der Waals surface area contributed by atoms with Crippen molar-refractivity contribution in [2.45, 2.75) is 44.6 Å². The maximum Gasteiger partial charge on any atom is 0.193 e. The van der Waals surface area contributed by atoms with Crippen LogP contribution >= 0.6 is 24.0 Å². The second kappa shape index (κ2) is 9.42. The lowest BCUT2D eigenvalue weighted by molar-refractivity contribution is 0.134. The fourth-order valence-corrected chi connectivity index (χ4v) is 4.31. The monoisotopic (exact) mass is 436 g/mol. The van der Waals surface area contributed by atoms with Crippen molar-refractivity contribution in [3.8, 4) is 0 Å². The smallest absolute Gasteiger partial charge is 0.193 e. The molecule has 2 N–H and O–H groups in total. The second-order valence-corrected chi connectivity index (χ2v) is 7.29. The summed E-state index contributed by atoms with van der Waals surface area (Å²) in [6, 6.07) is 0. The Hall–Kier alpha value is -0.0800. The molecule has 3 atom stereocenters. The van der Waals surface area contributed by atoms with Gasteiger partial charge in [0.05, 0.1) is 6.10 Å². The number of guanidine groups is 1. The zero-order chi connectivity index (χ0) is 15.4. The van der Waals surface area contributed by atoms with Crippen LogP contribution in [0.5, 0.6) is 0 Å². The number of aliphatic hydroxyl groups is 1. The van der Waals surface area contributed by atoms with Gasteiger partial charge in [-0.2, -0.15) is 0 Å². The predicted octanol–water partition coefficient (Wildman–Crippen LogP) is 1.76. The first-order chi connectivity index (χ1) is 10.8. The molecule has 0 bridgehead atoms. The molecule has 5 nitrogen and oxygen atoms in total. The maximum absolute atomic E-state index is 9.94. The molecule has 0 aromatic rings. The van der Waals surface area contributed by atoms with Crippen LogP contribution in [0.15, 0.2) is 4.99 Å². The Labute approximate surface area is 157 Å². The number of halogens is 1. The van der Waals surface area contributed by atoms with Crippen molar-refractivity contribution in [2.24, 2.45) is 16.8 Å². The molecule has 0 spiro atoms. The lowest BCUT2D eigenvalue weighted by atomic mass is 10.1. The van der Waals surface area contributed by atoms with Crippen molar-refractivity contribution in [1.82, 2.24) is 15.1 Å². The molecule has 0 aromatic carbocycles. The molecule has 23 heavy (non-hydrogen) atoms. The molecular formula is C17H33IN4O. The van der Waals surface area contributed by atoms with Crippen molar-refractivity contribution in [1.29, 1.82) is 0 Å². The summed E-state index contributed by atoms with van der Waals surface area (Å²) in [7, 11) is 1.88. The number of rotatable bonds is 4. The molecular weight excluding hydrogens is 403 g/mol. The van der Waals surface area contributed by atoms with Crippen LogP contribution < -0.4 is 5.32 Å². The highest BCUT2D eigenvalue weighted by Gasteiger charge is 2.29. The van der Waals surface area contributed by atoms with E-state index in [4.69, 9.17) is 0 Å². The number of hydrogen-bond donors (Lipinski definition) is 2. The van der Waals surface area contributed by atoms with Crippen LogP contribution in [0.1, 0.15) is 38.5 Å². The Morgan fingerprint density at radius 1 is 1.13 bits per heavy atom. The SMILES string of the molecule is CN=C(NCC1CCCC1O)N1CCC(CN2CCCC2)C1.I. The van der Waals surface area contributed by atoms with Crippen molar-refractivity contribution >= 4 is 29.9 Å². The molecule has 3 fully saturated rings. The van der Waals surface area contributed by atoms with E-state index in [1.165, 1.54) is 38.9 Å². The summed E-state index contributed by atoms with van der Waals surface area (Å²) in [6.07, 6.45) is 7.19. The van der Waals surface area contributed by atoms with Gasteiger partial charge < -0.3 is 20.2 Å². The van der Waals surface area contributed by atoms with E-state index in [2.05, 4.69) is 20.1 Å². The van der Waals surface area contributed by atoms with E-state index in [1.807, 2.05) is 7.05 Å². The van der Waals surface area contributed by atoms with Gasteiger partial charge in [0.15, 0.2) is 5.96 Å². The molecule has 1 saturated carbocycles. The van der Waals surface area contributed by atoms with Gasteiger partial charge in [0, 0.05) is 39.1 Å². The lowest BCUT2D eigenvalue weighted by Gasteiger charge is -2.25. The quantitative estimate of drug-likeness (QED) is 0.401. The van der Waals surface area contributed by atoms with Crippen LogP contribution in [0.4, 0.5) is 0 Å². The highest BCUT2D eigenvalue weighted by atomic mass is 127. The van der Waals surface area contributed by atoms with E-state index in [9.17, 15) is 5.11 Å². The van der Waals surface area contributed by atoms with Gasteiger partial charge in [-0.1, -0.05) is 6.42 Å². The van der Waals surface area contributed by atoms with Crippen molar-refractivity contribution in [3.05, 3.63) is 0 Å². The normalized spacial score (nSPS) is 32.3. The number of nitrogens with one attached hydrogen (secondary N) is 1. The molecule has 3 unspecified atom stereocenters. The van der Waals surface area contributed by atoms with Gasteiger partial charge in [-0.05, 0) is 51.1 Å². The zero-order valence-corrected chi connectivity index (χ0v) is 16.7. The van der Waals surface area contributed by atoms with Gasteiger partial charge in [-0.3, -0.25) is 4.99 Å². The Morgan fingerprint density at radius 2 is 1.91 bits per heavy atom. The molecule has 3 aliphatic rings. The minimum atomic E-state index is -0.118. The van der Waals surface area contributed by atoms with Crippen LogP contribution in [0, 0.1) is 11.8 Å². The number of aliphatic imine (C=N–C) groups is 1. The first-order valence-corrected chi connectivity index (χ1v) is 9.12. The average Bonchev–Trinajstić information content (AvgIpc) is 3.24. The molecule has 134 valence electrons. The first-order valence-electron chi connectivity index (χ1n) is 9.12. The number of nitrogens with zero attached hydrogens (tertiary/aromatic N) is 3. The van der Waals surface area contributed by atoms with Crippen molar-refractivity contribution < 1.29 is 5.11 Å². The third-order valence-electron chi connectivity index (χ3n) is 5.65. The standard InChI is InChI=1S/C17H32N4O.HI/c1-18-17(19-11-15-5-4-6-16(15)22)21-10-7-14(13-21)12-20-8-2-3-9-20;/h14-16,22H,2-13H2,1H3,(H,18,19);1H. The highest BCUT2D eigenvalue weighted by Crippen LogP contribution is 2.25.